The van der Waals surface area contributed by atoms with Crippen LogP contribution in [0.3, 0.4) is 0 Å². The Kier molecular flexibility index (Phi) is 5.09. The van der Waals surface area contributed by atoms with Crippen LogP contribution >= 0.6 is 11.6 Å². The van der Waals surface area contributed by atoms with Crippen LogP contribution in [0.5, 0.6) is 0 Å². The molecule has 0 amide bonds. The first kappa shape index (κ1) is 15.8. The van der Waals surface area contributed by atoms with Crippen LogP contribution in [0.15, 0.2) is 18.2 Å². The number of hydrogen-bond acceptors (Lipinski definition) is 1. The molecule has 112 valence electrons. The van der Waals surface area contributed by atoms with Crippen molar-refractivity contribution in [2.75, 3.05) is 0 Å². The van der Waals surface area contributed by atoms with Gasteiger partial charge in [0, 0.05) is 10.6 Å². The summed E-state index contributed by atoms with van der Waals surface area (Å²) in [6.45, 7) is 4.54. The van der Waals surface area contributed by atoms with E-state index in [1.54, 1.807) is 6.07 Å². The topological polar surface area (TPSA) is 26.0 Å². The molecule has 3 heteroatoms. The highest BCUT2D eigenvalue weighted by Gasteiger charge is 2.33. The lowest BCUT2D eigenvalue weighted by molar-refractivity contribution is 0.200. The minimum absolute atomic E-state index is 0.181. The molecule has 0 aliphatic heterocycles. The summed E-state index contributed by atoms with van der Waals surface area (Å²) in [7, 11) is 0. The van der Waals surface area contributed by atoms with E-state index in [0.29, 0.717) is 10.9 Å². The first-order valence-corrected chi connectivity index (χ1v) is 7.98. The van der Waals surface area contributed by atoms with Gasteiger partial charge < -0.3 is 5.73 Å². The van der Waals surface area contributed by atoms with Gasteiger partial charge in [-0.25, -0.2) is 4.39 Å². The zero-order valence-electron chi connectivity index (χ0n) is 12.5. The normalized spacial score (nSPS) is 27.0. The van der Waals surface area contributed by atoms with Crippen molar-refractivity contribution in [3.05, 3.63) is 34.6 Å². The lowest BCUT2D eigenvalue weighted by Crippen LogP contribution is -2.46. The van der Waals surface area contributed by atoms with Crippen molar-refractivity contribution >= 4 is 11.6 Å². The van der Waals surface area contributed by atoms with E-state index in [0.717, 1.165) is 30.7 Å². The quantitative estimate of drug-likeness (QED) is 0.835. The largest absolute Gasteiger partial charge is 0.325 e. The summed E-state index contributed by atoms with van der Waals surface area (Å²) in [6, 6.07) is 4.63. The Morgan fingerprint density at radius 1 is 1.45 bits per heavy atom. The minimum atomic E-state index is -0.286. The van der Waals surface area contributed by atoms with Gasteiger partial charge in [-0.3, -0.25) is 0 Å². The third kappa shape index (κ3) is 4.20. The van der Waals surface area contributed by atoms with Crippen molar-refractivity contribution in [3.8, 4) is 0 Å². The summed E-state index contributed by atoms with van der Waals surface area (Å²) < 4.78 is 13.1. The summed E-state index contributed by atoms with van der Waals surface area (Å²) >= 11 is 6.14. The van der Waals surface area contributed by atoms with Crippen LogP contribution in [0.25, 0.3) is 0 Å². The lowest BCUT2D eigenvalue weighted by Gasteiger charge is -2.39. The minimum Gasteiger partial charge on any atom is -0.325 e. The molecule has 2 rings (SSSR count). The Bertz CT molecular complexity index is 460. The van der Waals surface area contributed by atoms with Gasteiger partial charge in [0.15, 0.2) is 0 Å². The van der Waals surface area contributed by atoms with Crippen LogP contribution in [0.4, 0.5) is 4.39 Å². The van der Waals surface area contributed by atoms with Gasteiger partial charge in [-0.05, 0) is 55.2 Å². The maximum Gasteiger partial charge on any atom is 0.124 e. The zero-order chi connectivity index (χ0) is 14.8. The van der Waals surface area contributed by atoms with Crippen LogP contribution in [0.1, 0.15) is 51.5 Å². The van der Waals surface area contributed by atoms with Gasteiger partial charge >= 0.3 is 0 Å². The molecule has 1 nitrogen and oxygen atoms in total. The van der Waals surface area contributed by atoms with Crippen LogP contribution in [0, 0.1) is 17.7 Å². The molecule has 1 aliphatic rings. The van der Waals surface area contributed by atoms with Gasteiger partial charge in [0.1, 0.15) is 5.82 Å². The van der Waals surface area contributed by atoms with Crippen molar-refractivity contribution in [2.45, 2.75) is 57.9 Å². The summed E-state index contributed by atoms with van der Waals surface area (Å²) in [5, 5.41) is 0.501. The lowest BCUT2D eigenvalue weighted by atomic mass is 9.71. The van der Waals surface area contributed by atoms with Crippen molar-refractivity contribution in [3.63, 3.8) is 0 Å². The zero-order valence-corrected chi connectivity index (χ0v) is 13.2. The first-order valence-electron chi connectivity index (χ1n) is 7.61. The standard InChI is InChI=1S/C17H25ClFN/c1-12(2)8-13-4-3-7-17(20,10-13)11-14-5-6-15(19)9-16(14)18/h5-6,9,12-13H,3-4,7-8,10-11,20H2,1-2H3. The van der Waals surface area contributed by atoms with Crippen LogP contribution in [-0.4, -0.2) is 5.54 Å². The Hall–Kier alpha value is -0.600. The second kappa shape index (κ2) is 6.44. The van der Waals surface area contributed by atoms with Gasteiger partial charge in [0.05, 0.1) is 0 Å². The molecule has 1 fully saturated rings. The van der Waals surface area contributed by atoms with E-state index in [4.69, 9.17) is 17.3 Å². The molecule has 1 aromatic carbocycles. The van der Waals surface area contributed by atoms with Gasteiger partial charge in [-0.15, -0.1) is 0 Å². The van der Waals surface area contributed by atoms with E-state index in [1.165, 1.54) is 31.4 Å². The predicted molar refractivity (Wildman–Crippen MR) is 83.4 cm³/mol. The van der Waals surface area contributed by atoms with Crippen LogP contribution in [-0.2, 0) is 6.42 Å². The second-order valence-corrected chi connectivity index (χ2v) is 7.27. The number of halogens is 2. The van der Waals surface area contributed by atoms with Gasteiger partial charge in [0.2, 0.25) is 0 Å². The second-order valence-electron chi connectivity index (χ2n) is 6.87. The Morgan fingerprint density at radius 2 is 2.20 bits per heavy atom. The maximum atomic E-state index is 13.1. The summed E-state index contributed by atoms with van der Waals surface area (Å²) in [5.74, 6) is 1.15. The van der Waals surface area contributed by atoms with Gasteiger partial charge in [-0.2, -0.15) is 0 Å². The average molecular weight is 298 g/mol. The SMILES string of the molecule is CC(C)CC1CCCC(N)(Cc2ccc(F)cc2Cl)C1. The first-order chi connectivity index (χ1) is 9.38. The molecule has 2 unspecified atom stereocenters. The van der Waals surface area contributed by atoms with E-state index in [1.807, 2.05) is 0 Å². The molecule has 0 aromatic heterocycles. The smallest absolute Gasteiger partial charge is 0.124 e. The number of rotatable bonds is 4. The van der Waals surface area contributed by atoms with Crippen molar-refractivity contribution in [1.82, 2.24) is 0 Å². The molecule has 1 aliphatic carbocycles. The molecular formula is C17H25ClFN. The predicted octanol–water partition coefficient (Wildman–Crippen LogP) is 4.96. The van der Waals surface area contributed by atoms with Gasteiger partial charge in [0.25, 0.3) is 0 Å². The Morgan fingerprint density at radius 3 is 2.85 bits per heavy atom. The molecular weight excluding hydrogens is 273 g/mol. The van der Waals surface area contributed by atoms with Crippen molar-refractivity contribution in [1.29, 1.82) is 0 Å². The molecule has 0 bridgehead atoms. The highest BCUT2D eigenvalue weighted by molar-refractivity contribution is 6.31. The molecule has 0 saturated heterocycles. The Labute approximate surface area is 126 Å². The molecule has 20 heavy (non-hydrogen) atoms. The van der Waals surface area contributed by atoms with Crippen LogP contribution < -0.4 is 5.73 Å². The molecule has 1 aromatic rings. The molecule has 0 heterocycles. The highest BCUT2D eigenvalue weighted by atomic mass is 35.5. The van der Waals surface area contributed by atoms with E-state index >= 15 is 0 Å². The fourth-order valence-corrected chi connectivity index (χ4v) is 3.83. The monoisotopic (exact) mass is 297 g/mol. The third-order valence-electron chi connectivity index (χ3n) is 4.34. The van der Waals surface area contributed by atoms with E-state index in [2.05, 4.69) is 13.8 Å². The average Bonchev–Trinajstić information content (AvgIpc) is 2.32. The van der Waals surface area contributed by atoms with Crippen molar-refractivity contribution < 1.29 is 4.39 Å². The highest BCUT2D eigenvalue weighted by Crippen LogP contribution is 2.37. The number of nitrogens with two attached hydrogens (primary N) is 1. The molecule has 0 radical (unpaired) electrons. The number of benzene rings is 1. The van der Waals surface area contributed by atoms with E-state index in [9.17, 15) is 4.39 Å². The number of hydrogen-bond donors (Lipinski definition) is 1. The fourth-order valence-electron chi connectivity index (χ4n) is 3.59. The van der Waals surface area contributed by atoms with Gasteiger partial charge in [-0.1, -0.05) is 44.4 Å². The van der Waals surface area contributed by atoms with E-state index in [-0.39, 0.29) is 11.4 Å². The Balaban J connectivity index is 2.06. The van der Waals surface area contributed by atoms with Crippen LogP contribution in [0.2, 0.25) is 5.02 Å². The van der Waals surface area contributed by atoms with E-state index < -0.39 is 0 Å². The third-order valence-corrected chi connectivity index (χ3v) is 4.70. The fraction of sp³-hybridized carbons (Fsp3) is 0.647. The maximum absolute atomic E-state index is 13.1. The summed E-state index contributed by atoms with van der Waals surface area (Å²) in [4.78, 5) is 0. The summed E-state index contributed by atoms with van der Waals surface area (Å²) in [6.07, 6.45) is 6.56. The summed E-state index contributed by atoms with van der Waals surface area (Å²) in [5.41, 5.74) is 7.40. The molecule has 2 atom stereocenters. The molecule has 1 saturated carbocycles. The van der Waals surface area contributed by atoms with Crippen molar-refractivity contribution in [2.24, 2.45) is 17.6 Å². The molecule has 2 N–H and O–H groups in total. The molecule has 0 spiro atoms.